The Morgan fingerprint density at radius 1 is 1.15 bits per heavy atom. The van der Waals surface area contributed by atoms with Crippen molar-refractivity contribution >= 4 is 17.9 Å². The third-order valence-electron chi connectivity index (χ3n) is 6.49. The second-order valence-electron chi connectivity index (χ2n) is 8.73. The lowest BCUT2D eigenvalue weighted by Gasteiger charge is -2.48. The molecule has 138 valence electrons. The molecule has 0 aromatic heterocycles. The summed E-state index contributed by atoms with van der Waals surface area (Å²) in [4.78, 5) is 40.3. The number of rotatable bonds is 2. The van der Waals surface area contributed by atoms with Crippen LogP contribution in [0.5, 0.6) is 0 Å². The van der Waals surface area contributed by atoms with Gasteiger partial charge >= 0.3 is 6.09 Å². The first-order valence-corrected chi connectivity index (χ1v) is 9.16. The molecule has 3 amide bonds. The molecule has 4 rings (SSSR count). The van der Waals surface area contributed by atoms with E-state index in [1.807, 2.05) is 0 Å². The fourth-order valence-corrected chi connectivity index (χ4v) is 5.20. The fourth-order valence-electron chi connectivity index (χ4n) is 5.20. The highest BCUT2D eigenvalue weighted by Gasteiger charge is 2.69. The van der Waals surface area contributed by atoms with E-state index in [2.05, 4.69) is 20.8 Å². The largest absolute Gasteiger partial charge is 0.465 e. The monoisotopic (exact) mass is 356 g/mol. The third-order valence-corrected chi connectivity index (χ3v) is 6.49. The van der Waals surface area contributed by atoms with Gasteiger partial charge in [0.05, 0.1) is 22.7 Å². The van der Waals surface area contributed by atoms with Gasteiger partial charge in [0, 0.05) is 6.54 Å². The summed E-state index contributed by atoms with van der Waals surface area (Å²) in [5.74, 6) is -0.269. The molecule has 1 N–H and O–H groups in total. The first-order valence-electron chi connectivity index (χ1n) is 9.16. The second kappa shape index (κ2) is 5.32. The van der Waals surface area contributed by atoms with Crippen molar-refractivity contribution in [1.82, 2.24) is 9.80 Å². The lowest BCUT2D eigenvalue weighted by molar-refractivity contribution is 0.000310. The molecular weight excluding hydrogens is 332 g/mol. The summed E-state index contributed by atoms with van der Waals surface area (Å²) in [6.45, 7) is 6.36. The number of hydrogen-bond acceptors (Lipinski definition) is 3. The van der Waals surface area contributed by atoms with Gasteiger partial charge in [0.15, 0.2) is 0 Å². The first-order chi connectivity index (χ1) is 12.2. The molecule has 2 fully saturated rings. The van der Waals surface area contributed by atoms with Crippen LogP contribution >= 0.6 is 0 Å². The molecule has 1 aromatic carbocycles. The molecular formula is C20H24N2O4. The van der Waals surface area contributed by atoms with Gasteiger partial charge in [-0.05, 0) is 42.7 Å². The lowest BCUT2D eigenvalue weighted by Crippen LogP contribution is -2.60. The summed E-state index contributed by atoms with van der Waals surface area (Å²) in [5.41, 5.74) is 0.243. The highest BCUT2D eigenvalue weighted by atomic mass is 16.4. The van der Waals surface area contributed by atoms with Gasteiger partial charge in [0.2, 0.25) is 0 Å². The molecule has 2 unspecified atom stereocenters. The van der Waals surface area contributed by atoms with Gasteiger partial charge in [-0.25, -0.2) is 4.79 Å². The Morgan fingerprint density at radius 3 is 2.23 bits per heavy atom. The Morgan fingerprint density at radius 2 is 1.73 bits per heavy atom. The first kappa shape index (κ1) is 17.1. The summed E-state index contributed by atoms with van der Waals surface area (Å²) < 4.78 is 0. The number of carboxylic acid groups (broad SMARTS) is 1. The summed E-state index contributed by atoms with van der Waals surface area (Å²) in [6.07, 6.45) is 1.53. The van der Waals surface area contributed by atoms with Crippen molar-refractivity contribution < 1.29 is 19.5 Å². The molecule has 6 heteroatoms. The maximum atomic E-state index is 12.7. The van der Waals surface area contributed by atoms with Crippen LogP contribution in [0.25, 0.3) is 0 Å². The number of piperidine rings is 1. The molecule has 1 saturated heterocycles. The minimum Gasteiger partial charge on any atom is -0.465 e. The normalized spacial score (nSPS) is 30.3. The second-order valence-corrected chi connectivity index (χ2v) is 8.73. The number of amides is 3. The summed E-state index contributed by atoms with van der Waals surface area (Å²) in [7, 11) is 0. The van der Waals surface area contributed by atoms with Crippen LogP contribution in [0.3, 0.4) is 0 Å². The summed E-state index contributed by atoms with van der Waals surface area (Å²) in [6, 6.07) is 6.42. The zero-order chi connectivity index (χ0) is 18.9. The van der Waals surface area contributed by atoms with Crippen LogP contribution in [0.2, 0.25) is 0 Å². The highest BCUT2D eigenvalue weighted by Crippen LogP contribution is 2.64. The average Bonchev–Trinajstić information content (AvgIpc) is 3.28. The van der Waals surface area contributed by atoms with Crippen molar-refractivity contribution in [3.8, 4) is 0 Å². The molecule has 1 aromatic rings. The fraction of sp³-hybridized carbons (Fsp3) is 0.550. The molecule has 2 heterocycles. The highest BCUT2D eigenvalue weighted by molar-refractivity contribution is 6.21. The molecule has 3 aliphatic rings. The molecule has 1 saturated carbocycles. The summed E-state index contributed by atoms with van der Waals surface area (Å²) in [5, 5.41) is 9.95. The zero-order valence-corrected chi connectivity index (χ0v) is 15.4. The van der Waals surface area contributed by atoms with E-state index in [0.717, 1.165) is 12.8 Å². The van der Waals surface area contributed by atoms with Gasteiger partial charge in [0.1, 0.15) is 0 Å². The average molecular weight is 356 g/mol. The van der Waals surface area contributed by atoms with Crippen molar-refractivity contribution in [2.24, 2.45) is 11.3 Å². The predicted octanol–water partition coefficient (Wildman–Crippen LogP) is 3.23. The van der Waals surface area contributed by atoms with Gasteiger partial charge < -0.3 is 5.11 Å². The number of imide groups is 1. The Labute approximate surface area is 152 Å². The minimum absolute atomic E-state index is 0.128. The topological polar surface area (TPSA) is 77.9 Å². The van der Waals surface area contributed by atoms with Crippen molar-refractivity contribution in [1.29, 1.82) is 0 Å². The number of nitrogens with zero attached hydrogens (tertiary/aromatic N) is 2. The molecule has 1 aliphatic carbocycles. The van der Waals surface area contributed by atoms with Crippen molar-refractivity contribution in [2.75, 3.05) is 6.54 Å². The van der Waals surface area contributed by atoms with Crippen molar-refractivity contribution in [3.63, 3.8) is 0 Å². The Bertz CT molecular complexity index is 777. The molecule has 2 aliphatic heterocycles. The van der Waals surface area contributed by atoms with E-state index in [1.54, 1.807) is 29.2 Å². The van der Waals surface area contributed by atoms with E-state index in [1.165, 1.54) is 4.90 Å². The van der Waals surface area contributed by atoms with E-state index < -0.39 is 6.09 Å². The van der Waals surface area contributed by atoms with Gasteiger partial charge in [-0.3, -0.25) is 19.4 Å². The Kier molecular flexibility index (Phi) is 3.49. The zero-order valence-electron chi connectivity index (χ0n) is 15.4. The quantitative estimate of drug-likeness (QED) is 0.825. The summed E-state index contributed by atoms with van der Waals surface area (Å²) >= 11 is 0. The maximum absolute atomic E-state index is 12.7. The van der Waals surface area contributed by atoms with Crippen LogP contribution in [-0.2, 0) is 0 Å². The maximum Gasteiger partial charge on any atom is 0.408 e. The molecule has 0 radical (unpaired) electrons. The number of carbonyl (C=O) groups is 3. The van der Waals surface area contributed by atoms with E-state index >= 15 is 0 Å². The van der Waals surface area contributed by atoms with Gasteiger partial charge in [-0.15, -0.1) is 0 Å². The van der Waals surface area contributed by atoms with Crippen LogP contribution in [0.4, 0.5) is 4.79 Å². The van der Waals surface area contributed by atoms with E-state index in [-0.39, 0.29) is 35.4 Å². The number of benzene rings is 1. The number of hydrogen-bond donors (Lipinski definition) is 1. The molecule has 0 bridgehead atoms. The predicted molar refractivity (Wildman–Crippen MR) is 95.0 cm³/mol. The molecule has 26 heavy (non-hydrogen) atoms. The van der Waals surface area contributed by atoms with Crippen LogP contribution in [0.15, 0.2) is 24.3 Å². The van der Waals surface area contributed by atoms with E-state index in [9.17, 15) is 19.5 Å². The molecule has 0 spiro atoms. The van der Waals surface area contributed by atoms with Crippen molar-refractivity contribution in [2.45, 2.75) is 51.6 Å². The molecule has 6 nitrogen and oxygen atoms in total. The van der Waals surface area contributed by atoms with Gasteiger partial charge in [-0.1, -0.05) is 32.9 Å². The lowest BCUT2D eigenvalue weighted by atomic mass is 9.77. The Balaban J connectivity index is 1.64. The van der Waals surface area contributed by atoms with Gasteiger partial charge in [0.25, 0.3) is 11.8 Å². The minimum atomic E-state index is -0.955. The smallest absolute Gasteiger partial charge is 0.408 e. The van der Waals surface area contributed by atoms with Crippen LogP contribution < -0.4 is 0 Å². The number of fused-ring (bicyclic) bond motifs is 2. The SMILES string of the molecule is CC(C)(C)C12CC1CC[C@@H](CN1C(=O)c3ccccc3C1=O)N2C(=O)O. The van der Waals surface area contributed by atoms with Crippen LogP contribution in [0.1, 0.15) is 60.7 Å². The van der Waals surface area contributed by atoms with Crippen LogP contribution in [-0.4, -0.2) is 50.9 Å². The van der Waals surface area contributed by atoms with Crippen molar-refractivity contribution in [3.05, 3.63) is 35.4 Å². The number of carbonyl (C=O) groups excluding carboxylic acids is 2. The number of likely N-dealkylation sites (tertiary alicyclic amines) is 1. The van der Waals surface area contributed by atoms with E-state index in [0.29, 0.717) is 23.5 Å². The molecule has 3 atom stereocenters. The van der Waals surface area contributed by atoms with Crippen LogP contribution in [0, 0.1) is 11.3 Å². The van der Waals surface area contributed by atoms with E-state index in [4.69, 9.17) is 0 Å². The van der Waals surface area contributed by atoms with Gasteiger partial charge in [-0.2, -0.15) is 0 Å². The standard InChI is InChI=1S/C20H24N2O4/c1-19(2,3)20-10-12(20)8-9-13(22(20)18(25)26)11-21-16(23)14-6-4-5-7-15(14)17(21)24/h4-7,12-13H,8-11H2,1-3H3,(H,25,26)/t12?,13-,20?/m0/s1. The Hall–Kier alpha value is -2.37. The third kappa shape index (κ3) is 2.14.